The number of nitrogens with zero attached hydrogens (tertiary/aromatic N) is 1. The van der Waals surface area contributed by atoms with Crippen molar-refractivity contribution in [2.45, 2.75) is 37.6 Å². The number of ether oxygens (including phenoxy) is 1. The maximum Gasteiger partial charge on any atom is 0.325 e. The Morgan fingerprint density at radius 3 is 2.61 bits per heavy atom. The highest BCUT2D eigenvalue weighted by atomic mass is 16.5. The Hall–Kier alpha value is -1.14. The molecule has 102 valence electrons. The number of aliphatic hydroxyl groups is 1. The first kappa shape index (κ1) is 13.3. The Morgan fingerprint density at radius 1 is 1.22 bits per heavy atom. The Bertz CT molecular complexity index is 326. The number of hydrogen-bond acceptors (Lipinski definition) is 4. The number of amides is 3. The molecule has 1 saturated carbocycles. The van der Waals surface area contributed by atoms with E-state index in [4.69, 9.17) is 9.84 Å². The zero-order valence-electron chi connectivity index (χ0n) is 10.5. The van der Waals surface area contributed by atoms with Gasteiger partial charge in [-0.1, -0.05) is 19.3 Å². The lowest BCUT2D eigenvalue weighted by molar-refractivity contribution is -0.128. The molecule has 1 aliphatic carbocycles. The molecule has 1 spiro atoms. The number of carbonyl (C=O) groups excluding carboxylic acids is 2. The van der Waals surface area contributed by atoms with E-state index >= 15 is 0 Å². The number of hydrogen-bond donors (Lipinski definition) is 2. The summed E-state index contributed by atoms with van der Waals surface area (Å²) in [5, 5.41) is 11.0. The van der Waals surface area contributed by atoms with Crippen LogP contribution in [0.2, 0.25) is 0 Å². The van der Waals surface area contributed by atoms with Crippen molar-refractivity contribution in [3.8, 4) is 0 Å². The van der Waals surface area contributed by atoms with Gasteiger partial charge in [0.05, 0.1) is 19.8 Å². The molecule has 2 aliphatic rings. The van der Waals surface area contributed by atoms with Gasteiger partial charge in [0.2, 0.25) is 0 Å². The second kappa shape index (κ2) is 5.67. The van der Waals surface area contributed by atoms with Gasteiger partial charge in [-0.25, -0.2) is 4.79 Å². The quantitative estimate of drug-likeness (QED) is 0.546. The first-order valence-electron chi connectivity index (χ1n) is 6.52. The normalized spacial score (nSPS) is 22.6. The average molecular weight is 256 g/mol. The SMILES string of the molecule is O=C1NC(=O)C2(CCCCC2)N1CCOCCO. The van der Waals surface area contributed by atoms with E-state index in [1.807, 2.05) is 0 Å². The van der Waals surface area contributed by atoms with E-state index in [0.29, 0.717) is 13.2 Å². The number of rotatable bonds is 5. The van der Waals surface area contributed by atoms with Gasteiger partial charge in [0, 0.05) is 6.54 Å². The second-order valence-corrected chi connectivity index (χ2v) is 4.84. The van der Waals surface area contributed by atoms with E-state index in [1.54, 1.807) is 4.90 Å². The Labute approximate surface area is 106 Å². The highest BCUT2D eigenvalue weighted by Gasteiger charge is 2.52. The van der Waals surface area contributed by atoms with Crippen molar-refractivity contribution in [2.75, 3.05) is 26.4 Å². The molecular weight excluding hydrogens is 236 g/mol. The monoisotopic (exact) mass is 256 g/mol. The second-order valence-electron chi connectivity index (χ2n) is 4.84. The maximum atomic E-state index is 12.0. The Balaban J connectivity index is 2.00. The minimum atomic E-state index is -0.641. The third-order valence-electron chi connectivity index (χ3n) is 3.78. The van der Waals surface area contributed by atoms with E-state index in [0.717, 1.165) is 32.1 Å². The predicted molar refractivity (Wildman–Crippen MR) is 64.0 cm³/mol. The molecule has 0 aromatic carbocycles. The van der Waals surface area contributed by atoms with Crippen LogP contribution >= 0.6 is 0 Å². The Morgan fingerprint density at radius 2 is 1.94 bits per heavy atom. The predicted octanol–water partition coefficient (Wildman–Crippen LogP) is 0.250. The van der Waals surface area contributed by atoms with Crippen LogP contribution in [-0.2, 0) is 9.53 Å². The van der Waals surface area contributed by atoms with Gasteiger partial charge in [0.25, 0.3) is 5.91 Å². The molecule has 6 nitrogen and oxygen atoms in total. The van der Waals surface area contributed by atoms with E-state index in [2.05, 4.69) is 5.32 Å². The Kier molecular flexibility index (Phi) is 4.19. The van der Waals surface area contributed by atoms with Crippen LogP contribution in [0.4, 0.5) is 4.79 Å². The molecule has 1 saturated heterocycles. The maximum absolute atomic E-state index is 12.0. The fraction of sp³-hybridized carbons (Fsp3) is 0.833. The number of carbonyl (C=O) groups is 2. The largest absolute Gasteiger partial charge is 0.394 e. The van der Waals surface area contributed by atoms with Crippen molar-refractivity contribution < 1.29 is 19.4 Å². The lowest BCUT2D eigenvalue weighted by Crippen LogP contribution is -2.52. The first-order chi connectivity index (χ1) is 8.70. The van der Waals surface area contributed by atoms with E-state index in [9.17, 15) is 9.59 Å². The lowest BCUT2D eigenvalue weighted by Gasteiger charge is -2.38. The van der Waals surface area contributed by atoms with Gasteiger partial charge < -0.3 is 14.7 Å². The molecule has 0 aromatic rings. The molecule has 1 heterocycles. The summed E-state index contributed by atoms with van der Waals surface area (Å²) in [6, 6.07) is -0.311. The number of urea groups is 1. The minimum Gasteiger partial charge on any atom is -0.394 e. The van der Waals surface area contributed by atoms with Gasteiger partial charge in [0.1, 0.15) is 5.54 Å². The highest BCUT2D eigenvalue weighted by molar-refractivity contribution is 6.07. The van der Waals surface area contributed by atoms with Gasteiger partial charge in [-0.15, -0.1) is 0 Å². The van der Waals surface area contributed by atoms with Crippen LogP contribution in [0.5, 0.6) is 0 Å². The molecular formula is C12H20N2O4. The lowest BCUT2D eigenvalue weighted by atomic mass is 9.80. The molecule has 18 heavy (non-hydrogen) atoms. The van der Waals surface area contributed by atoms with Crippen molar-refractivity contribution in [1.29, 1.82) is 0 Å². The van der Waals surface area contributed by atoms with Crippen molar-refractivity contribution in [3.63, 3.8) is 0 Å². The van der Waals surface area contributed by atoms with Crippen molar-refractivity contribution in [3.05, 3.63) is 0 Å². The molecule has 0 atom stereocenters. The average Bonchev–Trinajstić information content (AvgIpc) is 2.59. The van der Waals surface area contributed by atoms with Crippen LogP contribution in [0.3, 0.4) is 0 Å². The van der Waals surface area contributed by atoms with Crippen LogP contribution in [0.1, 0.15) is 32.1 Å². The molecule has 1 aliphatic heterocycles. The van der Waals surface area contributed by atoms with Crippen LogP contribution in [0.15, 0.2) is 0 Å². The molecule has 2 N–H and O–H groups in total. The third-order valence-corrected chi connectivity index (χ3v) is 3.78. The number of nitrogens with one attached hydrogen (secondary N) is 1. The highest BCUT2D eigenvalue weighted by Crippen LogP contribution is 2.36. The van der Waals surface area contributed by atoms with Crippen molar-refractivity contribution in [1.82, 2.24) is 10.2 Å². The van der Waals surface area contributed by atoms with Gasteiger partial charge in [0.15, 0.2) is 0 Å². The van der Waals surface area contributed by atoms with Crippen LogP contribution in [0, 0.1) is 0 Å². The molecule has 2 rings (SSSR count). The van der Waals surface area contributed by atoms with Gasteiger partial charge in [-0.05, 0) is 12.8 Å². The number of aliphatic hydroxyl groups excluding tert-OH is 1. The smallest absolute Gasteiger partial charge is 0.325 e. The van der Waals surface area contributed by atoms with Crippen LogP contribution < -0.4 is 5.32 Å². The number of imide groups is 1. The summed E-state index contributed by atoms with van der Waals surface area (Å²) in [6.07, 6.45) is 4.57. The van der Waals surface area contributed by atoms with Crippen LogP contribution in [0.25, 0.3) is 0 Å². The molecule has 3 amide bonds. The summed E-state index contributed by atoms with van der Waals surface area (Å²) in [6.45, 7) is 0.979. The zero-order valence-corrected chi connectivity index (χ0v) is 10.5. The summed E-state index contributed by atoms with van der Waals surface area (Å²) in [5.74, 6) is -0.158. The standard InChI is InChI=1S/C12H20N2O4/c15-7-9-18-8-6-14-11(17)13-10(16)12(14)4-2-1-3-5-12/h15H,1-9H2,(H,13,16,17). The summed E-state index contributed by atoms with van der Waals surface area (Å²) >= 11 is 0. The molecule has 0 bridgehead atoms. The van der Waals surface area contributed by atoms with Gasteiger partial charge >= 0.3 is 6.03 Å². The van der Waals surface area contributed by atoms with E-state index in [1.165, 1.54) is 0 Å². The zero-order chi connectivity index (χ0) is 13.0. The topological polar surface area (TPSA) is 78.9 Å². The molecule has 2 fully saturated rings. The summed E-state index contributed by atoms with van der Waals surface area (Å²) in [4.78, 5) is 25.4. The van der Waals surface area contributed by atoms with Crippen molar-refractivity contribution >= 4 is 11.9 Å². The van der Waals surface area contributed by atoms with Gasteiger partial charge in [-0.2, -0.15) is 0 Å². The third kappa shape index (κ3) is 2.35. The van der Waals surface area contributed by atoms with Gasteiger partial charge in [-0.3, -0.25) is 10.1 Å². The fourth-order valence-electron chi connectivity index (χ4n) is 2.87. The summed E-state index contributed by atoms with van der Waals surface area (Å²) in [7, 11) is 0. The fourth-order valence-corrected chi connectivity index (χ4v) is 2.87. The summed E-state index contributed by atoms with van der Waals surface area (Å²) < 4.78 is 5.18. The van der Waals surface area contributed by atoms with E-state index < -0.39 is 5.54 Å². The van der Waals surface area contributed by atoms with Crippen LogP contribution in [-0.4, -0.2) is 53.8 Å². The molecule has 6 heteroatoms. The minimum absolute atomic E-state index is 0.0315. The van der Waals surface area contributed by atoms with E-state index in [-0.39, 0.29) is 25.2 Å². The molecule has 0 unspecified atom stereocenters. The molecule has 0 aromatic heterocycles. The first-order valence-corrected chi connectivity index (χ1v) is 6.52. The summed E-state index contributed by atoms with van der Waals surface area (Å²) in [5.41, 5.74) is -0.641. The molecule has 0 radical (unpaired) electrons. The van der Waals surface area contributed by atoms with Crippen molar-refractivity contribution in [2.24, 2.45) is 0 Å².